The van der Waals surface area contributed by atoms with E-state index in [1.54, 1.807) is 12.1 Å². The van der Waals surface area contributed by atoms with Crippen molar-refractivity contribution in [2.24, 2.45) is 0 Å². The van der Waals surface area contributed by atoms with Gasteiger partial charge in [-0.15, -0.1) is 0 Å². The van der Waals surface area contributed by atoms with Crippen molar-refractivity contribution in [2.45, 2.75) is 26.4 Å². The van der Waals surface area contributed by atoms with Gasteiger partial charge in [0.05, 0.1) is 0 Å². The highest BCUT2D eigenvalue weighted by molar-refractivity contribution is 5.85. The van der Waals surface area contributed by atoms with Gasteiger partial charge in [-0.25, -0.2) is 9.59 Å². The summed E-state index contributed by atoms with van der Waals surface area (Å²) in [5, 5.41) is 17.2. The Kier molecular flexibility index (Phi) is 7.53. The first-order valence-electron chi connectivity index (χ1n) is 6.19. The first-order valence-corrected chi connectivity index (χ1v) is 6.19. The third-order valence-electron chi connectivity index (χ3n) is 1.88. The van der Waals surface area contributed by atoms with Crippen LogP contribution in [0.25, 0.3) is 6.08 Å². The minimum atomic E-state index is -0.983. The molecule has 1 rings (SSSR count). The molecule has 0 unspecified atom stereocenters. The maximum Gasteiger partial charge on any atom is 0.330 e. The molecule has 0 aromatic heterocycles. The average molecular weight is 292 g/mol. The molecule has 0 saturated carbocycles. The lowest BCUT2D eigenvalue weighted by molar-refractivity contribution is -0.148. The number of aromatic hydroxyl groups is 1. The Balaban J connectivity index is 0.000000400. The normalized spacial score (nSPS) is 10.4. The predicted octanol–water partition coefficient (Wildman–Crippen LogP) is 3.00. The van der Waals surface area contributed by atoms with E-state index in [1.807, 2.05) is 20.8 Å². The Morgan fingerprint density at radius 2 is 1.71 bits per heavy atom. The molecule has 0 amide bonds. The number of hydrogen-bond acceptors (Lipinski definition) is 4. The molecule has 2 N–H and O–H groups in total. The van der Waals surface area contributed by atoms with E-state index in [0.717, 1.165) is 17.7 Å². The first-order chi connectivity index (χ1) is 9.64. The van der Waals surface area contributed by atoms with Crippen LogP contribution in [0.5, 0.6) is 5.75 Å². The summed E-state index contributed by atoms with van der Waals surface area (Å²) in [4.78, 5) is 20.6. The Hall–Kier alpha value is -2.56. The fourth-order valence-electron chi connectivity index (χ4n) is 1.10. The second kappa shape index (κ2) is 8.58. The van der Waals surface area contributed by atoms with E-state index in [4.69, 9.17) is 14.9 Å². The highest BCUT2D eigenvalue weighted by Gasteiger charge is 2.12. The number of esters is 1. The molecule has 5 heteroatoms. The van der Waals surface area contributed by atoms with Gasteiger partial charge in [0.25, 0.3) is 0 Å². The number of carbonyl (C=O) groups is 2. The van der Waals surface area contributed by atoms with Crippen LogP contribution in [-0.2, 0) is 14.3 Å². The fourth-order valence-corrected chi connectivity index (χ4v) is 1.10. The van der Waals surface area contributed by atoms with E-state index in [0.29, 0.717) is 0 Å². The Morgan fingerprint density at radius 1 is 1.19 bits per heavy atom. The quantitative estimate of drug-likeness (QED) is 0.661. The SMILES string of the molecule is C=CC(=O)OC(C)(C)C.O=C(O)C=Cc1ccc(O)cc1. The number of rotatable bonds is 3. The number of carboxylic acids is 1. The third-order valence-corrected chi connectivity index (χ3v) is 1.88. The number of phenols is 1. The lowest BCUT2D eigenvalue weighted by Crippen LogP contribution is -2.22. The highest BCUT2D eigenvalue weighted by Crippen LogP contribution is 2.10. The fraction of sp³-hybridized carbons (Fsp3) is 0.250. The Labute approximate surface area is 124 Å². The second-order valence-corrected chi connectivity index (χ2v) is 5.00. The zero-order chi connectivity index (χ0) is 16.5. The number of hydrogen-bond donors (Lipinski definition) is 2. The van der Waals surface area contributed by atoms with E-state index in [2.05, 4.69) is 6.58 Å². The first kappa shape index (κ1) is 18.4. The zero-order valence-corrected chi connectivity index (χ0v) is 12.4. The van der Waals surface area contributed by atoms with E-state index in [9.17, 15) is 9.59 Å². The number of carboxylic acid groups (broad SMARTS) is 1. The topological polar surface area (TPSA) is 83.8 Å². The summed E-state index contributed by atoms with van der Waals surface area (Å²) in [5.74, 6) is -1.19. The number of carbonyl (C=O) groups excluding carboxylic acids is 1. The number of phenolic OH excluding ortho intramolecular Hbond substituents is 1. The van der Waals surface area contributed by atoms with Crippen molar-refractivity contribution in [3.05, 3.63) is 48.6 Å². The molecule has 0 radical (unpaired) electrons. The molecule has 0 fully saturated rings. The Bertz CT molecular complexity index is 506. The van der Waals surface area contributed by atoms with Crippen LogP contribution < -0.4 is 0 Å². The molecule has 0 saturated heterocycles. The van der Waals surface area contributed by atoms with Gasteiger partial charge >= 0.3 is 11.9 Å². The molecule has 0 atom stereocenters. The molecule has 1 aromatic carbocycles. The van der Waals surface area contributed by atoms with E-state index >= 15 is 0 Å². The third kappa shape index (κ3) is 11.0. The van der Waals surface area contributed by atoms with Crippen LogP contribution in [0.2, 0.25) is 0 Å². The molecule has 5 nitrogen and oxygen atoms in total. The number of ether oxygens (including phenoxy) is 1. The van der Waals surface area contributed by atoms with Crippen molar-refractivity contribution in [2.75, 3.05) is 0 Å². The predicted molar refractivity (Wildman–Crippen MR) is 80.8 cm³/mol. The van der Waals surface area contributed by atoms with Gasteiger partial charge in [-0.05, 0) is 44.5 Å². The second-order valence-electron chi connectivity index (χ2n) is 5.00. The monoisotopic (exact) mass is 292 g/mol. The van der Waals surface area contributed by atoms with Crippen molar-refractivity contribution in [3.63, 3.8) is 0 Å². The molecule has 114 valence electrons. The maximum absolute atomic E-state index is 10.5. The lowest BCUT2D eigenvalue weighted by Gasteiger charge is -2.17. The standard InChI is InChI=1S/C9H8O3.C7H12O2/c10-8-4-1-7(2-5-8)3-6-9(11)12;1-5-6(8)9-7(2,3)4/h1-6,10H,(H,11,12);5H,1H2,2-4H3. The molecular weight excluding hydrogens is 272 g/mol. The molecule has 0 aliphatic heterocycles. The molecule has 0 spiro atoms. The van der Waals surface area contributed by atoms with Crippen LogP contribution in [0, 0.1) is 0 Å². The number of aliphatic carboxylic acids is 1. The van der Waals surface area contributed by atoms with Crippen molar-refractivity contribution in [1.29, 1.82) is 0 Å². The molecule has 21 heavy (non-hydrogen) atoms. The summed E-state index contributed by atoms with van der Waals surface area (Å²) in [6.45, 7) is 8.71. The molecule has 0 aliphatic carbocycles. The van der Waals surface area contributed by atoms with Gasteiger partial charge in [-0.2, -0.15) is 0 Å². The lowest BCUT2D eigenvalue weighted by atomic mass is 10.2. The summed E-state index contributed by atoms with van der Waals surface area (Å²) in [6, 6.07) is 6.27. The minimum Gasteiger partial charge on any atom is -0.508 e. The largest absolute Gasteiger partial charge is 0.508 e. The van der Waals surface area contributed by atoms with Crippen LogP contribution in [0.4, 0.5) is 0 Å². The van der Waals surface area contributed by atoms with Gasteiger partial charge in [0.2, 0.25) is 0 Å². The van der Waals surface area contributed by atoms with Gasteiger partial charge in [0.15, 0.2) is 0 Å². The van der Waals surface area contributed by atoms with Gasteiger partial charge in [-0.3, -0.25) is 0 Å². The van der Waals surface area contributed by atoms with Crippen LogP contribution in [0.1, 0.15) is 26.3 Å². The zero-order valence-electron chi connectivity index (χ0n) is 12.4. The van der Waals surface area contributed by atoms with Gasteiger partial charge in [0, 0.05) is 12.2 Å². The minimum absolute atomic E-state index is 0.169. The van der Waals surface area contributed by atoms with E-state index in [1.165, 1.54) is 18.2 Å². The number of benzene rings is 1. The van der Waals surface area contributed by atoms with E-state index < -0.39 is 11.6 Å². The van der Waals surface area contributed by atoms with Gasteiger partial charge in [0.1, 0.15) is 11.4 Å². The molecule has 0 bridgehead atoms. The summed E-state index contributed by atoms with van der Waals surface area (Å²) in [5.41, 5.74) is 0.348. The summed E-state index contributed by atoms with van der Waals surface area (Å²) in [7, 11) is 0. The van der Waals surface area contributed by atoms with Crippen LogP contribution in [0.3, 0.4) is 0 Å². The molecular formula is C16H20O5. The van der Waals surface area contributed by atoms with Crippen molar-refractivity contribution >= 4 is 18.0 Å². The molecule has 0 aliphatic rings. The van der Waals surface area contributed by atoms with Crippen LogP contribution in [0.15, 0.2) is 43.0 Å². The molecule has 0 heterocycles. The highest BCUT2D eigenvalue weighted by atomic mass is 16.6. The van der Waals surface area contributed by atoms with Gasteiger partial charge in [-0.1, -0.05) is 18.7 Å². The summed E-state index contributed by atoms with van der Waals surface area (Å²) in [6.07, 6.45) is 3.67. The molecule has 1 aromatic rings. The smallest absolute Gasteiger partial charge is 0.330 e. The maximum atomic E-state index is 10.5. The van der Waals surface area contributed by atoms with Crippen molar-refractivity contribution in [1.82, 2.24) is 0 Å². The summed E-state index contributed by atoms with van der Waals surface area (Å²) < 4.78 is 4.83. The van der Waals surface area contributed by atoms with Crippen LogP contribution >= 0.6 is 0 Å². The Morgan fingerprint density at radius 3 is 2.05 bits per heavy atom. The van der Waals surface area contributed by atoms with Crippen LogP contribution in [-0.4, -0.2) is 27.8 Å². The van der Waals surface area contributed by atoms with Gasteiger partial charge < -0.3 is 14.9 Å². The van der Waals surface area contributed by atoms with E-state index in [-0.39, 0.29) is 11.7 Å². The average Bonchev–Trinajstić information content (AvgIpc) is 2.36. The summed E-state index contributed by atoms with van der Waals surface area (Å²) >= 11 is 0. The van der Waals surface area contributed by atoms with Crippen molar-refractivity contribution < 1.29 is 24.5 Å². The van der Waals surface area contributed by atoms with Crippen molar-refractivity contribution in [3.8, 4) is 5.75 Å².